The smallest absolute Gasteiger partial charge is 0.358 e. The molecule has 1 atom stereocenters. The molecule has 1 aliphatic carbocycles. The van der Waals surface area contributed by atoms with Crippen LogP contribution in [0, 0.1) is 0 Å². The molecule has 92 valence electrons. The first-order chi connectivity index (χ1) is 8.19. The number of carboxylic acids is 1. The average molecular weight is 237 g/mol. The van der Waals surface area contributed by atoms with Gasteiger partial charge in [-0.05, 0) is 32.1 Å². The zero-order valence-electron chi connectivity index (χ0n) is 9.50. The first kappa shape index (κ1) is 10.7. The quantitative estimate of drug-likeness (QED) is 0.837. The third kappa shape index (κ3) is 1.82. The van der Waals surface area contributed by atoms with Crippen molar-refractivity contribution in [1.29, 1.82) is 0 Å². The van der Waals surface area contributed by atoms with Gasteiger partial charge in [0.25, 0.3) is 0 Å². The Morgan fingerprint density at radius 1 is 1.59 bits per heavy atom. The summed E-state index contributed by atoms with van der Waals surface area (Å²) >= 11 is 0. The number of aromatic nitrogens is 3. The summed E-state index contributed by atoms with van der Waals surface area (Å²) in [6.07, 6.45) is 6.78. The first-order valence-corrected chi connectivity index (χ1v) is 5.98. The molecule has 1 saturated heterocycles. The summed E-state index contributed by atoms with van der Waals surface area (Å²) in [5.74, 6) is -1.03. The molecular formula is C11H15N3O3. The van der Waals surface area contributed by atoms with Crippen molar-refractivity contribution in [3.05, 3.63) is 11.9 Å². The number of aromatic carboxylic acids is 1. The molecule has 0 aromatic carbocycles. The third-order valence-electron chi connectivity index (χ3n) is 3.84. The second kappa shape index (κ2) is 3.80. The molecule has 1 unspecified atom stereocenters. The molecule has 1 aliphatic heterocycles. The van der Waals surface area contributed by atoms with Crippen molar-refractivity contribution in [2.75, 3.05) is 6.61 Å². The van der Waals surface area contributed by atoms with E-state index in [1.807, 2.05) is 0 Å². The highest BCUT2D eigenvalue weighted by Crippen LogP contribution is 2.45. The van der Waals surface area contributed by atoms with Gasteiger partial charge >= 0.3 is 5.97 Å². The van der Waals surface area contributed by atoms with E-state index in [-0.39, 0.29) is 17.3 Å². The van der Waals surface area contributed by atoms with E-state index < -0.39 is 5.97 Å². The fourth-order valence-electron chi connectivity index (χ4n) is 2.70. The van der Waals surface area contributed by atoms with Crippen molar-refractivity contribution < 1.29 is 14.6 Å². The van der Waals surface area contributed by atoms with Crippen LogP contribution >= 0.6 is 0 Å². The van der Waals surface area contributed by atoms with Gasteiger partial charge in [0.2, 0.25) is 0 Å². The van der Waals surface area contributed by atoms with Gasteiger partial charge in [0.05, 0.1) is 17.8 Å². The predicted octanol–water partition coefficient (Wildman–Crippen LogP) is 1.25. The largest absolute Gasteiger partial charge is 0.476 e. The second-order valence-electron chi connectivity index (χ2n) is 4.92. The SMILES string of the molecule is O=C(O)c1cn(C2CCOC3(CCC3)C2)nn1. The highest BCUT2D eigenvalue weighted by Gasteiger charge is 2.43. The molecule has 1 saturated carbocycles. The minimum atomic E-state index is -1.03. The fraction of sp³-hybridized carbons (Fsp3) is 0.727. The van der Waals surface area contributed by atoms with Crippen molar-refractivity contribution in [2.24, 2.45) is 0 Å². The van der Waals surface area contributed by atoms with Crippen LogP contribution in [0.4, 0.5) is 0 Å². The molecule has 6 heteroatoms. The van der Waals surface area contributed by atoms with Gasteiger partial charge in [-0.1, -0.05) is 5.21 Å². The molecular weight excluding hydrogens is 222 g/mol. The summed E-state index contributed by atoms with van der Waals surface area (Å²) in [5, 5.41) is 16.4. The molecule has 0 amide bonds. The van der Waals surface area contributed by atoms with Crippen LogP contribution in [-0.2, 0) is 4.74 Å². The Balaban J connectivity index is 1.76. The molecule has 6 nitrogen and oxygen atoms in total. The molecule has 2 aliphatic rings. The first-order valence-electron chi connectivity index (χ1n) is 5.98. The minimum absolute atomic E-state index is 0.0131. The Hall–Kier alpha value is -1.43. The molecule has 1 N–H and O–H groups in total. The van der Waals surface area contributed by atoms with Gasteiger partial charge in [-0.2, -0.15) is 0 Å². The Morgan fingerprint density at radius 3 is 3.00 bits per heavy atom. The van der Waals surface area contributed by atoms with Gasteiger partial charge in [-0.15, -0.1) is 5.10 Å². The maximum absolute atomic E-state index is 10.8. The minimum Gasteiger partial charge on any atom is -0.476 e. The average Bonchev–Trinajstić information content (AvgIpc) is 2.76. The summed E-state index contributed by atoms with van der Waals surface area (Å²) < 4.78 is 7.52. The lowest BCUT2D eigenvalue weighted by Crippen LogP contribution is -2.46. The van der Waals surface area contributed by atoms with Gasteiger partial charge < -0.3 is 9.84 Å². The summed E-state index contributed by atoms with van der Waals surface area (Å²) in [6.45, 7) is 0.729. The van der Waals surface area contributed by atoms with Gasteiger partial charge in [-0.3, -0.25) is 0 Å². The third-order valence-corrected chi connectivity index (χ3v) is 3.84. The van der Waals surface area contributed by atoms with Crippen LogP contribution in [0.1, 0.15) is 48.6 Å². The summed E-state index contributed by atoms with van der Waals surface area (Å²) in [7, 11) is 0. The summed E-state index contributed by atoms with van der Waals surface area (Å²) in [5.41, 5.74) is 0.0530. The fourth-order valence-corrected chi connectivity index (χ4v) is 2.70. The Kier molecular flexibility index (Phi) is 2.39. The van der Waals surface area contributed by atoms with E-state index in [0.29, 0.717) is 0 Å². The Bertz CT molecular complexity index is 439. The van der Waals surface area contributed by atoms with E-state index in [9.17, 15) is 4.79 Å². The van der Waals surface area contributed by atoms with Crippen LogP contribution in [0.3, 0.4) is 0 Å². The van der Waals surface area contributed by atoms with E-state index in [1.165, 1.54) is 12.6 Å². The van der Waals surface area contributed by atoms with Gasteiger partial charge in [0, 0.05) is 6.61 Å². The molecule has 3 rings (SSSR count). The van der Waals surface area contributed by atoms with Crippen molar-refractivity contribution >= 4 is 5.97 Å². The van der Waals surface area contributed by atoms with Crippen molar-refractivity contribution in [1.82, 2.24) is 15.0 Å². The standard InChI is InChI=1S/C11H15N3O3/c15-10(16)9-7-14(13-12-9)8-2-5-17-11(6-8)3-1-4-11/h7-8H,1-6H2,(H,15,16). The zero-order valence-corrected chi connectivity index (χ0v) is 9.50. The predicted molar refractivity (Wildman–Crippen MR) is 57.8 cm³/mol. The number of carbonyl (C=O) groups is 1. The lowest BCUT2D eigenvalue weighted by Gasteiger charge is -2.47. The molecule has 17 heavy (non-hydrogen) atoms. The molecule has 0 radical (unpaired) electrons. The number of hydrogen-bond acceptors (Lipinski definition) is 4. The highest BCUT2D eigenvalue weighted by atomic mass is 16.5. The maximum Gasteiger partial charge on any atom is 0.358 e. The van der Waals surface area contributed by atoms with Crippen LogP contribution < -0.4 is 0 Å². The van der Waals surface area contributed by atoms with Crippen molar-refractivity contribution in [2.45, 2.75) is 43.7 Å². The van der Waals surface area contributed by atoms with Crippen LogP contribution in [0.15, 0.2) is 6.20 Å². The maximum atomic E-state index is 10.8. The monoisotopic (exact) mass is 237 g/mol. The van der Waals surface area contributed by atoms with E-state index in [4.69, 9.17) is 9.84 Å². The van der Waals surface area contributed by atoms with Gasteiger partial charge in [0.1, 0.15) is 0 Å². The van der Waals surface area contributed by atoms with Gasteiger partial charge in [0.15, 0.2) is 5.69 Å². The van der Waals surface area contributed by atoms with Crippen LogP contribution in [0.25, 0.3) is 0 Å². The lowest BCUT2D eigenvalue weighted by molar-refractivity contribution is -0.141. The van der Waals surface area contributed by atoms with Gasteiger partial charge in [-0.25, -0.2) is 9.48 Å². The normalized spacial score (nSPS) is 26.7. The number of ether oxygens (including phenoxy) is 1. The van der Waals surface area contributed by atoms with Crippen molar-refractivity contribution in [3.8, 4) is 0 Å². The molecule has 2 fully saturated rings. The second-order valence-corrected chi connectivity index (χ2v) is 4.92. The summed E-state index contributed by atoms with van der Waals surface area (Å²) in [6, 6.07) is 0.227. The van der Waals surface area contributed by atoms with E-state index in [1.54, 1.807) is 4.68 Å². The Morgan fingerprint density at radius 2 is 2.41 bits per heavy atom. The Labute approximate surface area is 98.6 Å². The van der Waals surface area contributed by atoms with Crippen molar-refractivity contribution in [3.63, 3.8) is 0 Å². The molecule has 2 heterocycles. The lowest BCUT2D eigenvalue weighted by atomic mass is 9.74. The molecule has 1 aromatic heterocycles. The summed E-state index contributed by atoms with van der Waals surface area (Å²) in [4.78, 5) is 10.8. The number of carboxylic acid groups (broad SMARTS) is 1. The zero-order chi connectivity index (χ0) is 11.9. The highest BCUT2D eigenvalue weighted by molar-refractivity contribution is 5.84. The molecule has 0 bridgehead atoms. The number of nitrogens with zero attached hydrogens (tertiary/aromatic N) is 3. The van der Waals surface area contributed by atoms with E-state index in [2.05, 4.69) is 10.3 Å². The number of rotatable bonds is 2. The number of hydrogen-bond donors (Lipinski definition) is 1. The van der Waals surface area contributed by atoms with Crippen LogP contribution in [0.2, 0.25) is 0 Å². The van der Waals surface area contributed by atoms with E-state index in [0.717, 1.165) is 32.3 Å². The molecule has 1 aromatic rings. The van der Waals surface area contributed by atoms with Crippen LogP contribution in [-0.4, -0.2) is 38.3 Å². The molecule has 1 spiro atoms. The van der Waals surface area contributed by atoms with Crippen LogP contribution in [0.5, 0.6) is 0 Å². The van der Waals surface area contributed by atoms with E-state index >= 15 is 0 Å². The topological polar surface area (TPSA) is 77.2 Å².